The predicted octanol–water partition coefficient (Wildman–Crippen LogP) is 4.04. The van der Waals surface area contributed by atoms with Gasteiger partial charge < -0.3 is 4.90 Å². The van der Waals surface area contributed by atoms with Gasteiger partial charge >= 0.3 is 0 Å². The molecule has 0 spiro atoms. The summed E-state index contributed by atoms with van der Waals surface area (Å²) in [6.45, 7) is 6.70. The molecule has 1 saturated carbocycles. The molecule has 1 fully saturated rings. The van der Waals surface area contributed by atoms with Gasteiger partial charge in [0, 0.05) is 12.6 Å². The van der Waals surface area contributed by atoms with Crippen molar-refractivity contribution in [2.45, 2.75) is 46.1 Å². The number of nitrogens with zero attached hydrogens (tertiary/aromatic N) is 1. The molecular weight excluding hydrogens is 241 g/mol. The molecule has 0 heterocycles. The third-order valence-electron chi connectivity index (χ3n) is 3.59. The second-order valence-electron chi connectivity index (χ2n) is 5.80. The highest BCUT2D eigenvalue weighted by atomic mass is 19.1. The van der Waals surface area contributed by atoms with Crippen LogP contribution < -0.4 is 4.90 Å². The minimum atomic E-state index is -0.403. The first-order valence-corrected chi connectivity index (χ1v) is 7.06. The molecule has 1 aliphatic rings. The molecular formula is C16H22FNO. The summed E-state index contributed by atoms with van der Waals surface area (Å²) in [7, 11) is 0. The number of carbonyl (C=O) groups is 1. The SMILES string of the molecule is CC(=O)c1c(F)cccc1N(CCC(C)C)C1CC1. The number of Topliss-reactive ketones (excluding diaryl/α,β-unsaturated/α-hetero) is 1. The summed E-state index contributed by atoms with van der Waals surface area (Å²) in [6, 6.07) is 5.42. The number of anilines is 1. The Balaban J connectivity index is 2.31. The van der Waals surface area contributed by atoms with Crippen molar-refractivity contribution in [3.8, 4) is 0 Å². The largest absolute Gasteiger partial charge is 0.368 e. The van der Waals surface area contributed by atoms with Crippen LogP contribution in [0.15, 0.2) is 18.2 Å². The van der Waals surface area contributed by atoms with Gasteiger partial charge in [-0.15, -0.1) is 0 Å². The van der Waals surface area contributed by atoms with E-state index >= 15 is 0 Å². The second kappa shape index (κ2) is 5.72. The van der Waals surface area contributed by atoms with Gasteiger partial charge in [-0.05, 0) is 44.2 Å². The minimum Gasteiger partial charge on any atom is -0.368 e. The number of halogens is 1. The average Bonchev–Trinajstić information content (AvgIpc) is 3.12. The van der Waals surface area contributed by atoms with Crippen molar-refractivity contribution in [3.05, 3.63) is 29.6 Å². The first-order valence-electron chi connectivity index (χ1n) is 7.06. The predicted molar refractivity (Wildman–Crippen MR) is 76.2 cm³/mol. The Morgan fingerprint density at radius 3 is 2.63 bits per heavy atom. The molecule has 0 N–H and O–H groups in total. The highest BCUT2D eigenvalue weighted by Gasteiger charge is 2.31. The van der Waals surface area contributed by atoms with E-state index in [1.54, 1.807) is 6.07 Å². The smallest absolute Gasteiger partial charge is 0.164 e. The fraction of sp³-hybridized carbons (Fsp3) is 0.562. The van der Waals surface area contributed by atoms with E-state index in [0.717, 1.165) is 31.5 Å². The third-order valence-corrected chi connectivity index (χ3v) is 3.59. The van der Waals surface area contributed by atoms with Crippen LogP contribution in [0.5, 0.6) is 0 Å². The van der Waals surface area contributed by atoms with Gasteiger partial charge in [-0.1, -0.05) is 19.9 Å². The normalized spacial score (nSPS) is 14.8. The van der Waals surface area contributed by atoms with Crippen molar-refractivity contribution in [1.82, 2.24) is 0 Å². The van der Waals surface area contributed by atoms with Crippen LogP contribution >= 0.6 is 0 Å². The molecule has 3 heteroatoms. The minimum absolute atomic E-state index is 0.191. The first-order chi connectivity index (χ1) is 9.00. The molecule has 0 radical (unpaired) electrons. The highest BCUT2D eigenvalue weighted by molar-refractivity contribution is 6.00. The highest BCUT2D eigenvalue weighted by Crippen LogP contribution is 2.35. The number of carbonyl (C=O) groups excluding carboxylic acids is 1. The molecule has 2 rings (SSSR count). The lowest BCUT2D eigenvalue weighted by Gasteiger charge is -2.27. The lowest BCUT2D eigenvalue weighted by molar-refractivity contribution is 0.101. The van der Waals surface area contributed by atoms with Crippen LogP contribution in [0.3, 0.4) is 0 Å². The summed E-state index contributed by atoms with van der Waals surface area (Å²) >= 11 is 0. The second-order valence-corrected chi connectivity index (χ2v) is 5.80. The summed E-state index contributed by atoms with van der Waals surface area (Å²) in [5.41, 5.74) is 1.02. The lowest BCUT2D eigenvalue weighted by Crippen LogP contribution is -2.29. The summed E-state index contributed by atoms with van der Waals surface area (Å²) in [5, 5.41) is 0. The average molecular weight is 263 g/mol. The third kappa shape index (κ3) is 3.34. The summed E-state index contributed by atoms with van der Waals surface area (Å²) in [4.78, 5) is 13.9. The maximum absolute atomic E-state index is 13.9. The van der Waals surface area contributed by atoms with Crippen LogP contribution in [0.25, 0.3) is 0 Å². The maximum Gasteiger partial charge on any atom is 0.164 e. The molecule has 0 aliphatic heterocycles. The molecule has 104 valence electrons. The monoisotopic (exact) mass is 263 g/mol. The Hall–Kier alpha value is -1.38. The first kappa shape index (κ1) is 14.0. The topological polar surface area (TPSA) is 20.3 Å². The Bertz CT molecular complexity index is 466. The van der Waals surface area contributed by atoms with Gasteiger partial charge in [0.05, 0.1) is 11.3 Å². The van der Waals surface area contributed by atoms with E-state index in [2.05, 4.69) is 18.7 Å². The van der Waals surface area contributed by atoms with Gasteiger partial charge in [-0.3, -0.25) is 4.79 Å². The molecule has 1 aromatic carbocycles. The number of ketones is 1. The van der Waals surface area contributed by atoms with Crippen molar-refractivity contribution >= 4 is 11.5 Å². The van der Waals surface area contributed by atoms with E-state index in [1.807, 2.05) is 6.07 Å². The molecule has 2 nitrogen and oxygen atoms in total. The maximum atomic E-state index is 13.9. The fourth-order valence-electron chi connectivity index (χ4n) is 2.38. The molecule has 19 heavy (non-hydrogen) atoms. The Morgan fingerprint density at radius 2 is 2.11 bits per heavy atom. The molecule has 1 aromatic rings. The van der Waals surface area contributed by atoms with E-state index in [-0.39, 0.29) is 11.3 Å². The van der Waals surface area contributed by atoms with Crippen molar-refractivity contribution < 1.29 is 9.18 Å². The van der Waals surface area contributed by atoms with Crippen LogP contribution in [0.1, 0.15) is 50.4 Å². The van der Waals surface area contributed by atoms with Crippen molar-refractivity contribution in [2.75, 3.05) is 11.4 Å². The zero-order valence-corrected chi connectivity index (χ0v) is 11.9. The van der Waals surface area contributed by atoms with E-state index < -0.39 is 5.82 Å². The van der Waals surface area contributed by atoms with Gasteiger partial charge in [0.15, 0.2) is 5.78 Å². The molecule has 0 unspecified atom stereocenters. The standard InChI is InChI=1S/C16H22FNO/c1-11(2)9-10-18(13-7-8-13)15-6-4-5-14(17)16(15)12(3)19/h4-6,11,13H,7-10H2,1-3H3. The van der Waals surface area contributed by atoms with Crippen LogP contribution in [0, 0.1) is 11.7 Å². The van der Waals surface area contributed by atoms with Gasteiger partial charge in [0.2, 0.25) is 0 Å². The van der Waals surface area contributed by atoms with Crippen molar-refractivity contribution in [2.24, 2.45) is 5.92 Å². The van der Waals surface area contributed by atoms with E-state index in [4.69, 9.17) is 0 Å². The quantitative estimate of drug-likeness (QED) is 0.722. The van der Waals surface area contributed by atoms with Gasteiger partial charge in [0.25, 0.3) is 0 Å². The van der Waals surface area contributed by atoms with E-state index in [0.29, 0.717) is 12.0 Å². The van der Waals surface area contributed by atoms with Crippen molar-refractivity contribution in [1.29, 1.82) is 0 Å². The van der Waals surface area contributed by atoms with E-state index in [9.17, 15) is 9.18 Å². The Kier molecular flexibility index (Phi) is 4.23. The van der Waals surface area contributed by atoms with Crippen molar-refractivity contribution in [3.63, 3.8) is 0 Å². The fourth-order valence-corrected chi connectivity index (χ4v) is 2.38. The molecule has 0 saturated heterocycles. The lowest BCUT2D eigenvalue weighted by atomic mass is 10.1. The van der Waals surface area contributed by atoms with Crippen LogP contribution in [0.4, 0.5) is 10.1 Å². The van der Waals surface area contributed by atoms with Crippen LogP contribution in [-0.2, 0) is 0 Å². The molecule has 0 atom stereocenters. The van der Waals surface area contributed by atoms with Crippen LogP contribution in [0.2, 0.25) is 0 Å². The number of hydrogen-bond acceptors (Lipinski definition) is 2. The molecule has 0 amide bonds. The Morgan fingerprint density at radius 1 is 1.42 bits per heavy atom. The van der Waals surface area contributed by atoms with Gasteiger partial charge in [-0.2, -0.15) is 0 Å². The summed E-state index contributed by atoms with van der Waals surface area (Å²) < 4.78 is 13.9. The zero-order chi connectivity index (χ0) is 14.0. The van der Waals surface area contributed by atoms with E-state index in [1.165, 1.54) is 13.0 Å². The molecule has 1 aliphatic carbocycles. The van der Waals surface area contributed by atoms with Gasteiger partial charge in [0.1, 0.15) is 5.82 Å². The number of rotatable bonds is 6. The molecule has 0 bridgehead atoms. The number of hydrogen-bond donors (Lipinski definition) is 0. The zero-order valence-electron chi connectivity index (χ0n) is 11.9. The number of benzene rings is 1. The molecule has 0 aromatic heterocycles. The summed E-state index contributed by atoms with van der Waals surface area (Å²) in [6.07, 6.45) is 3.35. The van der Waals surface area contributed by atoms with Gasteiger partial charge in [-0.25, -0.2) is 4.39 Å². The Labute approximate surface area is 114 Å². The summed E-state index contributed by atoms with van der Waals surface area (Å²) in [5.74, 6) is 0.0130. The van der Waals surface area contributed by atoms with Crippen LogP contribution in [-0.4, -0.2) is 18.4 Å².